The summed E-state index contributed by atoms with van der Waals surface area (Å²) in [7, 11) is 2.13. The molecule has 1 aliphatic heterocycles. The van der Waals surface area contributed by atoms with Gasteiger partial charge in [-0.15, -0.1) is 0 Å². The van der Waals surface area contributed by atoms with Crippen molar-refractivity contribution in [3.8, 4) is 0 Å². The number of likely N-dealkylation sites (N-methyl/N-ethyl adjacent to an activating group) is 1. The van der Waals surface area contributed by atoms with Crippen LogP contribution in [0, 0.1) is 0 Å². The Morgan fingerprint density at radius 2 is 2.09 bits per heavy atom. The Kier molecular flexibility index (Phi) is 4.76. The van der Waals surface area contributed by atoms with Crippen LogP contribution in [0.5, 0.6) is 0 Å². The molecule has 0 radical (unpaired) electrons. The SMILES string of the molecule is CCn1ccc(Cn2ncc(N3CCCN(C)CC3)cc2=O)n1. The van der Waals surface area contributed by atoms with Gasteiger partial charge in [-0.25, -0.2) is 4.68 Å². The van der Waals surface area contributed by atoms with Crippen molar-refractivity contribution in [2.45, 2.75) is 26.4 Å². The van der Waals surface area contributed by atoms with Gasteiger partial charge in [0, 0.05) is 38.4 Å². The van der Waals surface area contributed by atoms with E-state index >= 15 is 0 Å². The first kappa shape index (κ1) is 15.7. The van der Waals surface area contributed by atoms with Crippen LogP contribution in [-0.4, -0.2) is 57.7 Å². The third-order valence-corrected chi connectivity index (χ3v) is 4.27. The van der Waals surface area contributed by atoms with E-state index in [1.807, 2.05) is 23.9 Å². The molecule has 2 aromatic rings. The number of anilines is 1. The first-order chi connectivity index (χ1) is 11.2. The second-order valence-electron chi connectivity index (χ2n) is 6.02. The Morgan fingerprint density at radius 3 is 2.83 bits per heavy atom. The first-order valence-electron chi connectivity index (χ1n) is 8.18. The predicted molar refractivity (Wildman–Crippen MR) is 89.8 cm³/mol. The lowest BCUT2D eigenvalue weighted by Gasteiger charge is -2.22. The molecular weight excluding hydrogens is 292 g/mol. The van der Waals surface area contributed by atoms with E-state index in [0.29, 0.717) is 6.54 Å². The number of nitrogens with zero attached hydrogens (tertiary/aromatic N) is 6. The van der Waals surface area contributed by atoms with Crippen LogP contribution in [0.3, 0.4) is 0 Å². The lowest BCUT2D eigenvalue weighted by molar-refractivity contribution is 0.360. The minimum atomic E-state index is -0.0776. The van der Waals surface area contributed by atoms with Gasteiger partial charge in [-0.3, -0.25) is 9.48 Å². The number of hydrogen-bond acceptors (Lipinski definition) is 5. The maximum absolute atomic E-state index is 12.3. The third kappa shape index (κ3) is 3.79. The molecule has 0 unspecified atom stereocenters. The fraction of sp³-hybridized carbons (Fsp3) is 0.562. The summed E-state index contributed by atoms with van der Waals surface area (Å²) < 4.78 is 3.32. The van der Waals surface area contributed by atoms with Crippen LogP contribution in [-0.2, 0) is 13.1 Å². The molecule has 0 bridgehead atoms. The highest BCUT2D eigenvalue weighted by Gasteiger charge is 2.14. The Morgan fingerprint density at radius 1 is 1.22 bits per heavy atom. The molecule has 0 N–H and O–H groups in total. The second-order valence-corrected chi connectivity index (χ2v) is 6.02. The maximum atomic E-state index is 12.3. The van der Waals surface area contributed by atoms with E-state index in [-0.39, 0.29) is 5.56 Å². The molecule has 1 aliphatic rings. The largest absolute Gasteiger partial charge is 0.369 e. The Hall–Kier alpha value is -2.15. The van der Waals surface area contributed by atoms with Gasteiger partial charge in [0.15, 0.2) is 0 Å². The molecule has 0 spiro atoms. The highest BCUT2D eigenvalue weighted by molar-refractivity contribution is 5.43. The number of rotatable bonds is 4. The highest BCUT2D eigenvalue weighted by Crippen LogP contribution is 2.12. The summed E-state index contributed by atoms with van der Waals surface area (Å²) in [6.07, 6.45) is 4.82. The molecule has 0 saturated carbocycles. The van der Waals surface area contributed by atoms with Gasteiger partial charge < -0.3 is 9.80 Å². The molecule has 1 fully saturated rings. The zero-order valence-electron chi connectivity index (χ0n) is 13.9. The molecule has 0 aliphatic carbocycles. The van der Waals surface area contributed by atoms with Crippen molar-refractivity contribution < 1.29 is 0 Å². The van der Waals surface area contributed by atoms with Gasteiger partial charge in [-0.1, -0.05) is 0 Å². The van der Waals surface area contributed by atoms with E-state index < -0.39 is 0 Å². The first-order valence-corrected chi connectivity index (χ1v) is 8.18. The molecule has 3 heterocycles. The molecule has 0 aromatic carbocycles. The second kappa shape index (κ2) is 6.95. The molecule has 2 aromatic heterocycles. The zero-order chi connectivity index (χ0) is 16.2. The highest BCUT2D eigenvalue weighted by atomic mass is 16.1. The molecule has 0 amide bonds. The Balaban J connectivity index is 1.73. The van der Waals surface area contributed by atoms with Gasteiger partial charge in [0.1, 0.15) is 0 Å². The molecule has 0 atom stereocenters. The van der Waals surface area contributed by atoms with Crippen molar-refractivity contribution in [2.75, 3.05) is 38.1 Å². The molecule has 3 rings (SSSR count). The molecular formula is C16H24N6O. The van der Waals surface area contributed by atoms with Crippen molar-refractivity contribution in [2.24, 2.45) is 0 Å². The molecule has 7 nitrogen and oxygen atoms in total. The van der Waals surface area contributed by atoms with Gasteiger partial charge in [0.05, 0.1) is 24.1 Å². The minimum absolute atomic E-state index is 0.0776. The zero-order valence-corrected chi connectivity index (χ0v) is 13.9. The molecule has 124 valence electrons. The standard InChI is InChI=1S/C16H24N6O/c1-3-21-8-5-14(18-21)13-22-16(23)11-15(12-17-22)20-7-4-6-19(2)9-10-20/h5,8,11-12H,3-4,6-7,9-10,13H2,1-2H3. The van der Waals surface area contributed by atoms with Gasteiger partial charge in [-0.05, 0) is 33.0 Å². The molecule has 1 saturated heterocycles. The average Bonchev–Trinajstić information content (AvgIpc) is 2.89. The van der Waals surface area contributed by atoms with Crippen molar-refractivity contribution >= 4 is 5.69 Å². The average molecular weight is 316 g/mol. The number of hydrogen-bond donors (Lipinski definition) is 0. The quantitative estimate of drug-likeness (QED) is 0.829. The van der Waals surface area contributed by atoms with Crippen LogP contribution in [0.2, 0.25) is 0 Å². The van der Waals surface area contributed by atoms with E-state index in [9.17, 15) is 4.79 Å². The summed E-state index contributed by atoms with van der Waals surface area (Å²) in [4.78, 5) is 16.9. The number of aryl methyl sites for hydroxylation is 1. The third-order valence-electron chi connectivity index (χ3n) is 4.27. The summed E-state index contributed by atoms with van der Waals surface area (Å²) in [5.41, 5.74) is 1.69. The lowest BCUT2D eigenvalue weighted by Crippen LogP contribution is -2.31. The predicted octanol–water partition coefficient (Wildman–Crippen LogP) is 0.650. The van der Waals surface area contributed by atoms with Crippen LogP contribution in [0.1, 0.15) is 19.0 Å². The normalized spacial score (nSPS) is 16.5. The fourth-order valence-electron chi connectivity index (χ4n) is 2.84. The van der Waals surface area contributed by atoms with Crippen LogP contribution in [0.4, 0.5) is 5.69 Å². The summed E-state index contributed by atoms with van der Waals surface area (Å²) >= 11 is 0. The minimum Gasteiger partial charge on any atom is -0.369 e. The van der Waals surface area contributed by atoms with Gasteiger partial charge >= 0.3 is 0 Å². The molecule has 23 heavy (non-hydrogen) atoms. The van der Waals surface area contributed by atoms with E-state index in [1.165, 1.54) is 4.68 Å². The summed E-state index contributed by atoms with van der Waals surface area (Å²) in [6.45, 7) is 7.28. The van der Waals surface area contributed by atoms with E-state index in [2.05, 4.69) is 27.0 Å². The topological polar surface area (TPSA) is 59.2 Å². The maximum Gasteiger partial charge on any atom is 0.269 e. The van der Waals surface area contributed by atoms with E-state index in [0.717, 1.165) is 50.5 Å². The summed E-state index contributed by atoms with van der Waals surface area (Å²) in [5.74, 6) is 0. The van der Waals surface area contributed by atoms with Crippen molar-refractivity contribution in [3.05, 3.63) is 40.6 Å². The summed E-state index contributed by atoms with van der Waals surface area (Å²) in [5, 5.41) is 8.73. The Labute approximate surface area is 136 Å². The smallest absolute Gasteiger partial charge is 0.269 e. The van der Waals surface area contributed by atoms with Crippen molar-refractivity contribution in [1.29, 1.82) is 0 Å². The van der Waals surface area contributed by atoms with E-state index in [1.54, 1.807) is 12.3 Å². The van der Waals surface area contributed by atoms with Gasteiger partial charge in [0.25, 0.3) is 5.56 Å². The van der Waals surface area contributed by atoms with Crippen molar-refractivity contribution in [3.63, 3.8) is 0 Å². The summed E-state index contributed by atoms with van der Waals surface area (Å²) in [6, 6.07) is 3.62. The van der Waals surface area contributed by atoms with Gasteiger partial charge in [0.2, 0.25) is 0 Å². The van der Waals surface area contributed by atoms with Crippen LogP contribution in [0.15, 0.2) is 29.3 Å². The fourth-order valence-corrected chi connectivity index (χ4v) is 2.84. The lowest BCUT2D eigenvalue weighted by atomic mass is 10.3. The van der Waals surface area contributed by atoms with Gasteiger partial charge in [-0.2, -0.15) is 10.2 Å². The van der Waals surface area contributed by atoms with Crippen LogP contribution >= 0.6 is 0 Å². The van der Waals surface area contributed by atoms with Crippen molar-refractivity contribution in [1.82, 2.24) is 24.5 Å². The number of aromatic nitrogens is 4. The van der Waals surface area contributed by atoms with E-state index in [4.69, 9.17) is 0 Å². The molecule has 7 heteroatoms. The van der Waals surface area contributed by atoms with Crippen LogP contribution in [0.25, 0.3) is 0 Å². The monoisotopic (exact) mass is 316 g/mol. The Bertz CT molecular complexity index is 707. The van der Waals surface area contributed by atoms with Crippen LogP contribution < -0.4 is 10.5 Å².